The molecule has 0 saturated heterocycles. The largest absolute Gasteiger partial charge is 0.463 e. The molecule has 2 aromatic rings. The van der Waals surface area contributed by atoms with Gasteiger partial charge in [0.05, 0.1) is 7.11 Å². The van der Waals surface area contributed by atoms with Crippen molar-refractivity contribution in [2.75, 3.05) is 12.8 Å². The molecule has 2 rings (SSSR count). The van der Waals surface area contributed by atoms with Gasteiger partial charge in [-0.25, -0.2) is 9.78 Å². The summed E-state index contributed by atoms with van der Waals surface area (Å²) in [6, 6.07) is 1.59. The van der Waals surface area contributed by atoms with Crippen LogP contribution >= 0.6 is 0 Å². The van der Waals surface area contributed by atoms with Crippen molar-refractivity contribution in [2.45, 2.75) is 0 Å². The van der Waals surface area contributed by atoms with Crippen molar-refractivity contribution in [1.82, 2.24) is 19.6 Å². The Bertz CT molecular complexity index is 492. The van der Waals surface area contributed by atoms with Crippen molar-refractivity contribution >= 4 is 17.6 Å². The molecule has 2 heterocycles. The van der Waals surface area contributed by atoms with Gasteiger partial charge in [0.25, 0.3) is 0 Å². The smallest absolute Gasteiger partial charge is 0.376 e. The highest BCUT2D eigenvalue weighted by atomic mass is 16.5. The molecule has 0 radical (unpaired) electrons. The number of fused-ring (bicyclic) bond motifs is 1. The van der Waals surface area contributed by atoms with Gasteiger partial charge in [-0.1, -0.05) is 0 Å². The fourth-order valence-electron chi connectivity index (χ4n) is 1.06. The Morgan fingerprint density at radius 2 is 2.43 bits per heavy atom. The summed E-state index contributed by atoms with van der Waals surface area (Å²) in [5, 5.41) is 3.80. The molecule has 0 fully saturated rings. The van der Waals surface area contributed by atoms with Crippen molar-refractivity contribution < 1.29 is 9.53 Å². The Hall–Kier alpha value is -2.18. The molecule has 0 amide bonds. The van der Waals surface area contributed by atoms with Crippen LogP contribution in [0.2, 0.25) is 0 Å². The molecule has 0 aliphatic rings. The maximum Gasteiger partial charge on any atom is 0.376 e. The van der Waals surface area contributed by atoms with E-state index in [1.54, 1.807) is 6.07 Å². The number of esters is 1. The van der Waals surface area contributed by atoms with E-state index in [2.05, 4.69) is 19.8 Å². The number of ether oxygens (including phenoxy) is 1. The Balaban J connectivity index is 2.70. The lowest BCUT2D eigenvalue weighted by molar-refractivity contribution is 0.0583. The van der Waals surface area contributed by atoms with E-state index in [1.165, 1.54) is 17.8 Å². The lowest BCUT2D eigenvalue weighted by Gasteiger charge is -1.98. The first-order valence-electron chi connectivity index (χ1n) is 3.78. The summed E-state index contributed by atoms with van der Waals surface area (Å²) < 4.78 is 5.76. The minimum Gasteiger partial charge on any atom is -0.463 e. The first-order valence-corrected chi connectivity index (χ1v) is 3.78. The van der Waals surface area contributed by atoms with Gasteiger partial charge in [0.2, 0.25) is 11.8 Å². The third kappa shape index (κ3) is 1.15. The summed E-state index contributed by atoms with van der Waals surface area (Å²) in [5.41, 5.74) is 5.83. The molecule has 2 N–H and O–H groups in total. The average Bonchev–Trinajstić information content (AvgIpc) is 2.56. The summed E-state index contributed by atoms with van der Waals surface area (Å²) in [6.07, 6.45) is 1.44. The molecular formula is C7H7N5O2. The number of nitrogens with zero attached hydrogens (tertiary/aromatic N) is 4. The monoisotopic (exact) mass is 193 g/mol. The number of rotatable bonds is 1. The summed E-state index contributed by atoms with van der Waals surface area (Å²) >= 11 is 0. The normalized spacial score (nSPS) is 10.4. The highest BCUT2D eigenvalue weighted by Gasteiger charge is 2.13. The van der Waals surface area contributed by atoms with Crippen molar-refractivity contribution in [1.29, 1.82) is 0 Å². The van der Waals surface area contributed by atoms with Crippen LogP contribution in [0.25, 0.3) is 5.65 Å². The molecular weight excluding hydrogens is 186 g/mol. The summed E-state index contributed by atoms with van der Waals surface area (Å²) in [5.74, 6) is -0.446. The first-order chi connectivity index (χ1) is 6.72. The Morgan fingerprint density at radius 1 is 1.64 bits per heavy atom. The number of nitrogen functional groups attached to an aromatic ring is 1. The third-order valence-corrected chi connectivity index (χ3v) is 1.64. The van der Waals surface area contributed by atoms with Crippen LogP contribution in [0.15, 0.2) is 12.3 Å². The molecule has 2 aromatic heterocycles. The summed E-state index contributed by atoms with van der Waals surface area (Å²) in [6.45, 7) is 0. The third-order valence-electron chi connectivity index (χ3n) is 1.64. The Labute approximate surface area is 78.5 Å². The molecule has 72 valence electrons. The molecule has 0 bridgehead atoms. The van der Waals surface area contributed by atoms with Gasteiger partial charge >= 0.3 is 5.97 Å². The van der Waals surface area contributed by atoms with Gasteiger partial charge in [-0.2, -0.15) is 9.50 Å². The van der Waals surface area contributed by atoms with E-state index in [-0.39, 0.29) is 11.8 Å². The highest BCUT2D eigenvalue weighted by molar-refractivity contribution is 5.85. The van der Waals surface area contributed by atoms with Gasteiger partial charge in [0, 0.05) is 12.3 Å². The molecule has 14 heavy (non-hydrogen) atoms. The number of hydrogen-bond acceptors (Lipinski definition) is 6. The number of aromatic nitrogens is 4. The second kappa shape index (κ2) is 2.95. The van der Waals surface area contributed by atoms with E-state index in [0.717, 1.165) is 0 Å². The van der Waals surface area contributed by atoms with Gasteiger partial charge in [0.15, 0.2) is 5.65 Å². The van der Waals surface area contributed by atoms with E-state index in [4.69, 9.17) is 5.73 Å². The molecule has 0 aliphatic carbocycles. The van der Waals surface area contributed by atoms with Gasteiger partial charge < -0.3 is 10.5 Å². The van der Waals surface area contributed by atoms with Crippen LogP contribution in [0, 0.1) is 0 Å². The predicted octanol–water partition coefficient (Wildman–Crippen LogP) is -0.507. The highest BCUT2D eigenvalue weighted by Crippen LogP contribution is 2.04. The fourth-order valence-corrected chi connectivity index (χ4v) is 1.06. The molecule has 7 heteroatoms. The molecule has 7 nitrogen and oxygen atoms in total. The number of nitrogens with two attached hydrogens (primary N) is 1. The SMILES string of the molecule is COC(=O)c1nccc2nc(N)nn12. The Kier molecular flexibility index (Phi) is 1.77. The van der Waals surface area contributed by atoms with E-state index in [0.29, 0.717) is 5.65 Å². The zero-order valence-electron chi connectivity index (χ0n) is 7.34. The van der Waals surface area contributed by atoms with Crippen molar-refractivity contribution in [3.05, 3.63) is 18.1 Å². The van der Waals surface area contributed by atoms with Crippen molar-refractivity contribution in [2.24, 2.45) is 0 Å². The van der Waals surface area contributed by atoms with Gasteiger partial charge in [-0.15, -0.1) is 5.10 Å². The van der Waals surface area contributed by atoms with Crippen LogP contribution in [-0.2, 0) is 4.74 Å². The molecule has 0 aliphatic heterocycles. The number of anilines is 1. The molecule has 0 atom stereocenters. The quantitative estimate of drug-likeness (QED) is 0.613. The second-order valence-electron chi connectivity index (χ2n) is 2.50. The van der Waals surface area contributed by atoms with E-state index < -0.39 is 5.97 Å². The second-order valence-corrected chi connectivity index (χ2v) is 2.50. The Morgan fingerprint density at radius 3 is 3.14 bits per heavy atom. The van der Waals surface area contributed by atoms with E-state index in [1.807, 2.05) is 0 Å². The van der Waals surface area contributed by atoms with Crippen LogP contribution in [0.5, 0.6) is 0 Å². The molecule has 0 aromatic carbocycles. The number of carbonyl (C=O) groups excluding carboxylic acids is 1. The van der Waals surface area contributed by atoms with Crippen molar-refractivity contribution in [3.8, 4) is 0 Å². The van der Waals surface area contributed by atoms with Crippen LogP contribution < -0.4 is 5.73 Å². The van der Waals surface area contributed by atoms with Gasteiger partial charge in [-0.3, -0.25) is 0 Å². The van der Waals surface area contributed by atoms with E-state index >= 15 is 0 Å². The van der Waals surface area contributed by atoms with Crippen LogP contribution in [0.3, 0.4) is 0 Å². The van der Waals surface area contributed by atoms with Crippen LogP contribution in [0.1, 0.15) is 10.6 Å². The van der Waals surface area contributed by atoms with Crippen molar-refractivity contribution in [3.63, 3.8) is 0 Å². The molecule has 0 spiro atoms. The summed E-state index contributed by atoms with van der Waals surface area (Å²) in [4.78, 5) is 18.9. The van der Waals surface area contributed by atoms with E-state index in [9.17, 15) is 4.79 Å². The van der Waals surface area contributed by atoms with Crippen LogP contribution in [-0.4, -0.2) is 32.7 Å². The standard InChI is InChI=1S/C7H7N5O2/c1-14-6(13)5-9-3-2-4-10-7(8)11-12(4)5/h2-3H,1H3,(H2,8,11). The molecule has 0 saturated carbocycles. The minimum atomic E-state index is -0.583. The fraction of sp³-hybridized carbons (Fsp3) is 0.143. The topological polar surface area (TPSA) is 95.4 Å². The number of hydrogen-bond donors (Lipinski definition) is 1. The average molecular weight is 193 g/mol. The van der Waals surface area contributed by atoms with Crippen LogP contribution in [0.4, 0.5) is 5.95 Å². The predicted molar refractivity (Wildman–Crippen MR) is 46.5 cm³/mol. The first kappa shape index (κ1) is 8.42. The maximum absolute atomic E-state index is 11.2. The number of methoxy groups -OCH3 is 1. The summed E-state index contributed by atoms with van der Waals surface area (Å²) in [7, 11) is 1.27. The zero-order chi connectivity index (χ0) is 10.1. The van der Waals surface area contributed by atoms with Gasteiger partial charge in [0.1, 0.15) is 0 Å². The maximum atomic E-state index is 11.2. The minimum absolute atomic E-state index is 0.0502. The lowest BCUT2D eigenvalue weighted by Crippen LogP contribution is -2.11. The van der Waals surface area contributed by atoms with Gasteiger partial charge in [-0.05, 0) is 0 Å². The number of carbonyl (C=O) groups is 1. The zero-order valence-corrected chi connectivity index (χ0v) is 7.34. The molecule has 0 unspecified atom stereocenters. The lowest BCUT2D eigenvalue weighted by atomic mass is 10.5.